The number of amides is 2. The zero-order chi connectivity index (χ0) is 19.1. The largest absolute Gasteiger partial charge is 0.480 e. The van der Waals surface area contributed by atoms with Crippen LogP contribution in [0.3, 0.4) is 0 Å². The van der Waals surface area contributed by atoms with E-state index in [1.165, 1.54) is 6.92 Å². The molecule has 2 rings (SSSR count). The molecule has 0 aromatic carbocycles. The third kappa shape index (κ3) is 5.18. The Hall–Kier alpha value is -2.64. The molecule has 3 N–H and O–H groups in total. The first kappa shape index (κ1) is 19.7. The van der Waals surface area contributed by atoms with Crippen molar-refractivity contribution in [2.24, 2.45) is 5.92 Å². The smallest absolute Gasteiger partial charge is 0.325 e. The molecule has 0 spiro atoms. The number of nitrogens with zero attached hydrogens (tertiary/aromatic N) is 2. The SMILES string of the molecule is CCC(Nc1ccccn1)C(=O)N1CCCC(C(=O)N[C@@H](C)C(=O)O)C1. The number of aliphatic carboxylic acids is 1. The highest BCUT2D eigenvalue weighted by Gasteiger charge is 2.32. The molecule has 0 aliphatic carbocycles. The molecule has 0 radical (unpaired) electrons. The van der Waals surface area contributed by atoms with Crippen molar-refractivity contribution < 1.29 is 19.5 Å². The fourth-order valence-corrected chi connectivity index (χ4v) is 2.97. The van der Waals surface area contributed by atoms with E-state index in [4.69, 9.17) is 5.11 Å². The number of carboxylic acid groups (broad SMARTS) is 1. The number of anilines is 1. The maximum atomic E-state index is 12.8. The number of carbonyl (C=O) groups excluding carboxylic acids is 2. The molecule has 8 heteroatoms. The number of rotatable bonds is 7. The Bertz CT molecular complexity index is 637. The summed E-state index contributed by atoms with van der Waals surface area (Å²) in [4.78, 5) is 41.9. The Morgan fingerprint density at radius 1 is 1.38 bits per heavy atom. The van der Waals surface area contributed by atoms with E-state index in [0.29, 0.717) is 38.2 Å². The van der Waals surface area contributed by atoms with Crippen LogP contribution in [0, 0.1) is 5.92 Å². The summed E-state index contributed by atoms with van der Waals surface area (Å²) >= 11 is 0. The first-order chi connectivity index (χ1) is 12.4. The summed E-state index contributed by atoms with van der Waals surface area (Å²) in [6.45, 7) is 4.24. The van der Waals surface area contributed by atoms with Crippen LogP contribution in [0.5, 0.6) is 0 Å². The van der Waals surface area contributed by atoms with Gasteiger partial charge in [-0.25, -0.2) is 4.98 Å². The number of likely N-dealkylation sites (tertiary alicyclic amines) is 1. The Morgan fingerprint density at radius 2 is 2.15 bits per heavy atom. The van der Waals surface area contributed by atoms with Gasteiger partial charge < -0.3 is 20.6 Å². The van der Waals surface area contributed by atoms with E-state index >= 15 is 0 Å². The van der Waals surface area contributed by atoms with E-state index in [1.807, 2.05) is 13.0 Å². The Morgan fingerprint density at radius 3 is 2.77 bits per heavy atom. The number of pyridine rings is 1. The molecule has 0 saturated carbocycles. The molecule has 0 bridgehead atoms. The van der Waals surface area contributed by atoms with E-state index in [0.717, 1.165) is 0 Å². The van der Waals surface area contributed by atoms with Gasteiger partial charge in [0.25, 0.3) is 0 Å². The minimum atomic E-state index is -1.08. The third-order valence-corrected chi connectivity index (χ3v) is 4.53. The van der Waals surface area contributed by atoms with Gasteiger partial charge in [0.2, 0.25) is 11.8 Å². The second-order valence-electron chi connectivity index (χ2n) is 6.51. The van der Waals surface area contributed by atoms with Crippen molar-refractivity contribution in [1.82, 2.24) is 15.2 Å². The molecule has 26 heavy (non-hydrogen) atoms. The molecule has 8 nitrogen and oxygen atoms in total. The highest BCUT2D eigenvalue weighted by Crippen LogP contribution is 2.19. The quantitative estimate of drug-likeness (QED) is 0.670. The average Bonchev–Trinajstić information content (AvgIpc) is 2.66. The molecule has 142 valence electrons. The van der Waals surface area contributed by atoms with E-state index in [-0.39, 0.29) is 17.7 Å². The Balaban J connectivity index is 1.97. The van der Waals surface area contributed by atoms with Crippen LogP contribution in [0.2, 0.25) is 0 Å². The molecule has 2 amide bonds. The monoisotopic (exact) mass is 362 g/mol. The maximum Gasteiger partial charge on any atom is 0.325 e. The predicted molar refractivity (Wildman–Crippen MR) is 96.5 cm³/mol. The molecule has 1 fully saturated rings. The number of carbonyl (C=O) groups is 3. The van der Waals surface area contributed by atoms with Gasteiger partial charge in [-0.05, 0) is 38.3 Å². The summed E-state index contributed by atoms with van der Waals surface area (Å²) in [6, 6.07) is 4.10. The summed E-state index contributed by atoms with van der Waals surface area (Å²) in [5.74, 6) is -1.21. The van der Waals surface area contributed by atoms with Gasteiger partial charge in [-0.2, -0.15) is 0 Å². The van der Waals surface area contributed by atoms with Crippen LogP contribution in [0.1, 0.15) is 33.1 Å². The van der Waals surface area contributed by atoms with Crippen LogP contribution in [0.15, 0.2) is 24.4 Å². The normalized spacial score (nSPS) is 19.3. The fourth-order valence-electron chi connectivity index (χ4n) is 2.97. The van der Waals surface area contributed by atoms with Gasteiger partial charge in [0.1, 0.15) is 17.9 Å². The number of hydrogen-bond donors (Lipinski definition) is 3. The molecule has 1 aliphatic heterocycles. The molecule has 3 atom stereocenters. The minimum Gasteiger partial charge on any atom is -0.480 e. The zero-order valence-corrected chi connectivity index (χ0v) is 15.1. The van der Waals surface area contributed by atoms with Gasteiger partial charge >= 0.3 is 5.97 Å². The molecule has 1 aromatic heterocycles. The third-order valence-electron chi connectivity index (χ3n) is 4.53. The standard InChI is InChI=1S/C18H26N4O4/c1-3-14(21-15-8-4-5-9-19-15)17(24)22-10-6-7-13(11-22)16(23)20-12(2)18(25)26/h4-5,8-9,12-14H,3,6-7,10-11H2,1-2H3,(H,19,21)(H,20,23)(H,25,26)/t12-,13?,14?/m0/s1. The topological polar surface area (TPSA) is 112 Å². The second-order valence-corrected chi connectivity index (χ2v) is 6.51. The lowest BCUT2D eigenvalue weighted by Gasteiger charge is -2.34. The average molecular weight is 362 g/mol. The van der Waals surface area contributed by atoms with Gasteiger partial charge in [-0.3, -0.25) is 14.4 Å². The van der Waals surface area contributed by atoms with Gasteiger partial charge in [0.05, 0.1) is 5.92 Å². The predicted octanol–water partition coefficient (Wildman–Crippen LogP) is 1.10. The molecule has 1 aliphatic rings. The summed E-state index contributed by atoms with van der Waals surface area (Å²) in [5.41, 5.74) is 0. The number of piperidine rings is 1. The van der Waals surface area contributed by atoms with Crippen molar-refractivity contribution in [3.8, 4) is 0 Å². The fraction of sp³-hybridized carbons (Fsp3) is 0.556. The molecule has 2 heterocycles. The number of carboxylic acids is 1. The molecular weight excluding hydrogens is 336 g/mol. The lowest BCUT2D eigenvalue weighted by atomic mass is 9.96. The minimum absolute atomic E-state index is 0.0677. The van der Waals surface area contributed by atoms with Crippen LogP contribution < -0.4 is 10.6 Å². The lowest BCUT2D eigenvalue weighted by Crippen LogP contribution is -2.51. The zero-order valence-electron chi connectivity index (χ0n) is 15.1. The van der Waals surface area contributed by atoms with Crippen LogP contribution >= 0.6 is 0 Å². The number of nitrogens with one attached hydrogen (secondary N) is 2. The van der Waals surface area contributed by atoms with Crippen molar-refractivity contribution in [1.29, 1.82) is 0 Å². The van der Waals surface area contributed by atoms with Crippen LogP contribution in [-0.2, 0) is 14.4 Å². The maximum absolute atomic E-state index is 12.8. The highest BCUT2D eigenvalue weighted by molar-refractivity contribution is 5.87. The lowest BCUT2D eigenvalue weighted by molar-refractivity contribution is -0.143. The molecule has 1 aromatic rings. The first-order valence-electron chi connectivity index (χ1n) is 8.92. The van der Waals surface area contributed by atoms with Crippen molar-refractivity contribution in [3.05, 3.63) is 24.4 Å². The summed E-state index contributed by atoms with van der Waals surface area (Å²) < 4.78 is 0. The van der Waals surface area contributed by atoms with E-state index in [1.54, 1.807) is 23.2 Å². The van der Waals surface area contributed by atoms with Crippen LogP contribution in [0.4, 0.5) is 5.82 Å². The van der Waals surface area contributed by atoms with Crippen molar-refractivity contribution >= 4 is 23.6 Å². The van der Waals surface area contributed by atoms with Gasteiger partial charge in [-0.15, -0.1) is 0 Å². The Kier molecular flexibility index (Phi) is 6.94. The van der Waals surface area contributed by atoms with E-state index in [2.05, 4.69) is 15.6 Å². The molecule has 2 unspecified atom stereocenters. The van der Waals surface area contributed by atoms with Crippen LogP contribution in [-0.4, -0.2) is 57.9 Å². The summed E-state index contributed by atoms with van der Waals surface area (Å²) in [5, 5.41) is 14.5. The van der Waals surface area contributed by atoms with Crippen molar-refractivity contribution in [2.45, 2.75) is 45.2 Å². The van der Waals surface area contributed by atoms with Crippen molar-refractivity contribution in [3.63, 3.8) is 0 Å². The molecular formula is C18H26N4O4. The van der Waals surface area contributed by atoms with E-state index in [9.17, 15) is 14.4 Å². The van der Waals surface area contributed by atoms with Crippen LogP contribution in [0.25, 0.3) is 0 Å². The van der Waals surface area contributed by atoms with Gasteiger partial charge in [0.15, 0.2) is 0 Å². The second kappa shape index (κ2) is 9.17. The summed E-state index contributed by atoms with van der Waals surface area (Å²) in [7, 11) is 0. The summed E-state index contributed by atoms with van der Waals surface area (Å²) in [6.07, 6.45) is 3.61. The van der Waals surface area contributed by atoms with E-state index < -0.39 is 18.1 Å². The first-order valence-corrected chi connectivity index (χ1v) is 8.92. The van der Waals surface area contributed by atoms with Gasteiger partial charge in [-0.1, -0.05) is 13.0 Å². The Labute approximate surface area is 153 Å². The number of hydrogen-bond acceptors (Lipinski definition) is 5. The van der Waals surface area contributed by atoms with Gasteiger partial charge in [0, 0.05) is 19.3 Å². The molecule has 1 saturated heterocycles. The number of aromatic nitrogens is 1. The van der Waals surface area contributed by atoms with Crippen molar-refractivity contribution in [2.75, 3.05) is 18.4 Å². The highest BCUT2D eigenvalue weighted by atomic mass is 16.4.